The molecule has 0 aliphatic carbocycles. The first-order chi connectivity index (χ1) is 17.8. The number of amides is 1. The number of para-hydroxylation sites is 1. The highest BCUT2D eigenvalue weighted by atomic mass is 16.5. The minimum Gasteiger partial charge on any atom is -0.493 e. The van der Waals surface area contributed by atoms with Crippen LogP contribution in [0.5, 0.6) is 5.75 Å². The number of methoxy groups -OCH3 is 1. The summed E-state index contributed by atoms with van der Waals surface area (Å²) in [7, 11) is 1.49. The number of benzene rings is 2. The van der Waals surface area contributed by atoms with Crippen LogP contribution in [-0.2, 0) is 0 Å². The molecule has 0 fully saturated rings. The lowest BCUT2D eigenvalue weighted by Gasteiger charge is -2.09. The number of aryl methyl sites for hydroxylation is 1. The Balaban J connectivity index is 1.28. The largest absolute Gasteiger partial charge is 0.493 e. The summed E-state index contributed by atoms with van der Waals surface area (Å²) < 4.78 is 12.3. The second kappa shape index (κ2) is 9.57. The Morgan fingerprint density at radius 3 is 2.38 bits per heavy atom. The van der Waals surface area contributed by atoms with E-state index in [4.69, 9.17) is 9.15 Å². The number of anilines is 3. The Hall–Kier alpha value is -4.99. The summed E-state index contributed by atoms with van der Waals surface area (Å²) in [5.41, 5.74) is 3.81. The van der Waals surface area contributed by atoms with Crippen LogP contribution in [0.1, 0.15) is 27.3 Å². The van der Waals surface area contributed by atoms with Gasteiger partial charge in [0.05, 0.1) is 12.8 Å². The molecule has 0 spiro atoms. The van der Waals surface area contributed by atoms with E-state index in [0.29, 0.717) is 34.0 Å². The fourth-order valence-corrected chi connectivity index (χ4v) is 3.87. The topological polar surface area (TPSA) is 124 Å². The molecular formula is C27H24N6O4. The predicted octanol–water partition coefficient (Wildman–Crippen LogP) is 4.70. The molecule has 0 aliphatic rings. The smallest absolute Gasteiger partial charge is 0.349 e. The van der Waals surface area contributed by atoms with Gasteiger partial charge in [-0.25, -0.2) is 9.48 Å². The zero-order valence-electron chi connectivity index (χ0n) is 20.7. The van der Waals surface area contributed by atoms with E-state index < -0.39 is 11.5 Å². The zero-order valence-corrected chi connectivity index (χ0v) is 20.7. The molecule has 0 atom stereocenters. The van der Waals surface area contributed by atoms with Crippen molar-refractivity contribution in [1.82, 2.24) is 20.0 Å². The summed E-state index contributed by atoms with van der Waals surface area (Å²) in [6.45, 7) is 5.98. The number of nitrogens with one attached hydrogen (secondary N) is 2. The fourth-order valence-electron chi connectivity index (χ4n) is 3.87. The summed E-state index contributed by atoms with van der Waals surface area (Å²) in [5.74, 6) is 1.04. The van der Waals surface area contributed by atoms with Crippen LogP contribution in [0, 0.1) is 20.8 Å². The highest BCUT2D eigenvalue weighted by Gasteiger charge is 2.16. The van der Waals surface area contributed by atoms with Gasteiger partial charge in [0.15, 0.2) is 23.0 Å². The first kappa shape index (κ1) is 23.7. The molecular weight excluding hydrogens is 472 g/mol. The molecule has 5 rings (SSSR count). The van der Waals surface area contributed by atoms with Gasteiger partial charge in [0.2, 0.25) is 0 Å². The van der Waals surface area contributed by atoms with Crippen LogP contribution >= 0.6 is 0 Å². The Bertz CT molecular complexity index is 1670. The summed E-state index contributed by atoms with van der Waals surface area (Å²) >= 11 is 0. The standard InChI is InChI=1S/C27H24N6O4/c1-15-16(2)32-33(17(15)3)24-13-12-23(30-31-24)28-19-8-10-20(11-9-19)29-26(34)21-14-18-6-5-7-22(36-4)25(18)37-27(21)35/h5-14H,1-4H3,(H,28,30)(H,29,34). The molecule has 186 valence electrons. The number of hydrogen-bond acceptors (Lipinski definition) is 8. The molecule has 10 nitrogen and oxygen atoms in total. The van der Waals surface area contributed by atoms with Gasteiger partial charge in [-0.05, 0) is 74.9 Å². The number of nitrogens with zero attached hydrogens (tertiary/aromatic N) is 4. The molecule has 37 heavy (non-hydrogen) atoms. The second-order valence-corrected chi connectivity index (χ2v) is 8.47. The van der Waals surface area contributed by atoms with Crippen molar-refractivity contribution in [3.63, 3.8) is 0 Å². The molecule has 1 amide bonds. The van der Waals surface area contributed by atoms with Gasteiger partial charge in [-0.1, -0.05) is 12.1 Å². The van der Waals surface area contributed by atoms with Gasteiger partial charge in [-0.3, -0.25) is 4.79 Å². The maximum Gasteiger partial charge on any atom is 0.349 e. The second-order valence-electron chi connectivity index (χ2n) is 8.47. The van der Waals surface area contributed by atoms with Gasteiger partial charge in [0.1, 0.15) is 5.56 Å². The van der Waals surface area contributed by atoms with E-state index in [2.05, 4.69) is 25.9 Å². The highest BCUT2D eigenvalue weighted by Crippen LogP contribution is 2.25. The maximum atomic E-state index is 12.8. The number of ether oxygens (including phenoxy) is 1. The van der Waals surface area contributed by atoms with Crippen LogP contribution in [0.15, 0.2) is 69.9 Å². The van der Waals surface area contributed by atoms with E-state index >= 15 is 0 Å². The van der Waals surface area contributed by atoms with Crippen LogP contribution in [0.2, 0.25) is 0 Å². The van der Waals surface area contributed by atoms with Crippen molar-refractivity contribution in [2.45, 2.75) is 20.8 Å². The third-order valence-corrected chi connectivity index (χ3v) is 6.12. The normalized spacial score (nSPS) is 10.9. The van der Waals surface area contributed by atoms with Crippen molar-refractivity contribution in [2.24, 2.45) is 0 Å². The van der Waals surface area contributed by atoms with Crippen LogP contribution in [0.25, 0.3) is 16.8 Å². The van der Waals surface area contributed by atoms with Crippen molar-refractivity contribution in [3.05, 3.63) is 93.6 Å². The van der Waals surface area contributed by atoms with Gasteiger partial charge >= 0.3 is 5.63 Å². The molecule has 0 saturated heterocycles. The molecule has 10 heteroatoms. The van der Waals surface area contributed by atoms with E-state index in [0.717, 1.165) is 22.6 Å². The molecule has 0 unspecified atom stereocenters. The summed E-state index contributed by atoms with van der Waals surface area (Å²) in [4.78, 5) is 25.2. The third-order valence-electron chi connectivity index (χ3n) is 6.12. The van der Waals surface area contributed by atoms with Crippen molar-refractivity contribution < 1.29 is 13.9 Å². The molecule has 5 aromatic rings. The molecule has 0 saturated carbocycles. The lowest BCUT2D eigenvalue weighted by atomic mass is 10.1. The Labute approximate surface area is 211 Å². The summed E-state index contributed by atoms with van der Waals surface area (Å²) in [6, 6.07) is 17.3. The minimum atomic E-state index is -0.745. The third kappa shape index (κ3) is 4.64. The molecule has 2 N–H and O–H groups in total. The number of carbonyl (C=O) groups is 1. The number of rotatable bonds is 6. The minimum absolute atomic E-state index is 0.101. The van der Waals surface area contributed by atoms with Gasteiger partial charge < -0.3 is 19.8 Å². The molecule has 0 aliphatic heterocycles. The van der Waals surface area contributed by atoms with Gasteiger partial charge in [0.25, 0.3) is 5.91 Å². The van der Waals surface area contributed by atoms with Crippen LogP contribution in [0.4, 0.5) is 17.2 Å². The number of hydrogen-bond donors (Lipinski definition) is 2. The quantitative estimate of drug-likeness (QED) is 0.324. The molecule has 0 radical (unpaired) electrons. The molecule has 0 bridgehead atoms. The van der Waals surface area contributed by atoms with Crippen molar-refractivity contribution in [3.8, 4) is 11.6 Å². The van der Waals surface area contributed by atoms with E-state index in [9.17, 15) is 9.59 Å². The molecule has 3 heterocycles. The maximum absolute atomic E-state index is 12.8. The average Bonchev–Trinajstić information content (AvgIpc) is 3.16. The number of carbonyl (C=O) groups excluding carboxylic acids is 1. The number of fused-ring (bicyclic) bond motifs is 1. The molecule has 2 aromatic carbocycles. The number of aromatic nitrogens is 4. The SMILES string of the molecule is COc1cccc2cc(C(=O)Nc3ccc(Nc4ccc(-n5nc(C)c(C)c5C)nn4)cc3)c(=O)oc12. The van der Waals surface area contributed by atoms with Gasteiger partial charge in [0, 0.05) is 22.5 Å². The first-order valence-electron chi connectivity index (χ1n) is 11.5. The van der Waals surface area contributed by atoms with Crippen molar-refractivity contribution >= 4 is 34.1 Å². The van der Waals surface area contributed by atoms with Gasteiger partial charge in [-0.2, -0.15) is 5.10 Å². The van der Waals surface area contributed by atoms with Crippen LogP contribution < -0.4 is 21.0 Å². The van der Waals surface area contributed by atoms with Crippen molar-refractivity contribution in [1.29, 1.82) is 0 Å². The van der Waals surface area contributed by atoms with E-state index in [1.54, 1.807) is 47.1 Å². The zero-order chi connectivity index (χ0) is 26.1. The van der Waals surface area contributed by atoms with E-state index in [1.807, 2.05) is 32.9 Å². The Morgan fingerprint density at radius 1 is 0.973 bits per heavy atom. The van der Waals surface area contributed by atoms with Crippen LogP contribution in [-0.4, -0.2) is 33.0 Å². The van der Waals surface area contributed by atoms with Crippen LogP contribution in [0.3, 0.4) is 0 Å². The van der Waals surface area contributed by atoms with E-state index in [-0.39, 0.29) is 5.56 Å². The monoisotopic (exact) mass is 496 g/mol. The lowest BCUT2D eigenvalue weighted by Crippen LogP contribution is -2.20. The molecule has 3 aromatic heterocycles. The van der Waals surface area contributed by atoms with Crippen molar-refractivity contribution in [2.75, 3.05) is 17.7 Å². The van der Waals surface area contributed by atoms with E-state index in [1.165, 1.54) is 13.2 Å². The summed E-state index contributed by atoms with van der Waals surface area (Å²) in [6.07, 6.45) is 0. The Kier molecular flexibility index (Phi) is 6.14. The first-order valence-corrected chi connectivity index (χ1v) is 11.5. The highest BCUT2D eigenvalue weighted by molar-refractivity contribution is 6.05. The fraction of sp³-hybridized carbons (Fsp3) is 0.148. The average molecular weight is 497 g/mol. The summed E-state index contributed by atoms with van der Waals surface area (Å²) in [5, 5.41) is 19.5. The lowest BCUT2D eigenvalue weighted by molar-refractivity contribution is 0.102. The Morgan fingerprint density at radius 2 is 1.73 bits per heavy atom. The predicted molar refractivity (Wildman–Crippen MR) is 140 cm³/mol. The van der Waals surface area contributed by atoms with Gasteiger partial charge in [-0.15, -0.1) is 10.2 Å².